The minimum Gasteiger partial charge on any atom is -0.462 e. The number of sulfonamides is 2. The first-order chi connectivity index (χ1) is 30.7. The third-order valence-corrected chi connectivity index (χ3v) is 14.7. The van der Waals surface area contributed by atoms with Crippen LogP contribution < -0.4 is 20.1 Å². The first-order valence-corrected chi connectivity index (χ1v) is 23.6. The predicted molar refractivity (Wildman–Crippen MR) is 222 cm³/mol. The summed E-state index contributed by atoms with van der Waals surface area (Å²) in [5.74, 6) is -6.32. The number of nitrogens with one attached hydrogen (secondary N) is 4. The number of esters is 2. The van der Waals surface area contributed by atoms with E-state index < -0.39 is 114 Å². The molecule has 1 fully saturated rings. The van der Waals surface area contributed by atoms with Crippen LogP contribution in [0, 0.1) is 28.6 Å². The zero-order chi connectivity index (χ0) is 49.4. The van der Waals surface area contributed by atoms with Crippen molar-refractivity contribution in [2.24, 2.45) is 5.92 Å². The van der Waals surface area contributed by atoms with Gasteiger partial charge in [-0.25, -0.2) is 45.8 Å². The van der Waals surface area contributed by atoms with Crippen molar-refractivity contribution < 1.29 is 71.8 Å². The lowest BCUT2D eigenvalue weighted by Gasteiger charge is -2.18. The van der Waals surface area contributed by atoms with Gasteiger partial charge in [-0.1, -0.05) is 23.2 Å². The second-order valence-electron chi connectivity index (χ2n) is 13.0. The number of rotatable bonds is 14. The monoisotopic (exact) mass is 1050 g/mol. The quantitative estimate of drug-likeness (QED) is 0.0752. The number of hydrogen-bond donors (Lipinski definition) is 4. The standard InChI is InChI=1S/C20H18ClF3N4O5S2.C16H12ClF3N4O5S2/c1-2-33-19(30)13-8-11(9-25)17(27-16(13)20(22,23)24)26-12-4-3-10(7-12)18(29)28-35(31,32)15-6-5-14(21)34-15;1-2-29-15(26)9-5-8(6-21)14(23-13(9)16(18,19)20)22-7-11(25)24-31(27,28)12-4-3-10(17)30-12/h5-6,8,10,12H,2-4,7H2,1H3,(H,26,27)(H,28,29);3-5H,2,7H2,1H3,(H,22,23)(H,24,25). The maximum atomic E-state index is 13.5. The number of halogens is 8. The number of nitrogens with zero attached hydrogens (tertiary/aromatic N) is 4. The Hall–Kier alpha value is -5.78. The molecule has 4 aromatic rings. The topological polar surface area (TPSA) is 276 Å². The van der Waals surface area contributed by atoms with Gasteiger partial charge in [0.05, 0.1) is 50.7 Å². The Kier molecular flexibility index (Phi) is 17.4. The number of anilines is 2. The van der Waals surface area contributed by atoms with Crippen LogP contribution in [0.3, 0.4) is 0 Å². The SMILES string of the molecule is CCOC(=O)c1cc(C#N)c(NC2CCC(C(=O)NS(=O)(=O)c3ccc(Cl)s3)C2)nc1C(F)(F)F.CCOC(=O)c1cc(C#N)c(NCC(=O)NS(=O)(=O)c2ccc(Cl)s2)nc1C(F)(F)F. The molecule has 30 heteroatoms. The van der Waals surface area contributed by atoms with Crippen molar-refractivity contribution >= 4 is 101 Å². The molecule has 18 nitrogen and oxygen atoms in total. The maximum Gasteiger partial charge on any atom is 0.434 e. The van der Waals surface area contributed by atoms with Crippen LogP contribution in [0.15, 0.2) is 44.8 Å². The Morgan fingerprint density at radius 1 is 0.758 bits per heavy atom. The van der Waals surface area contributed by atoms with Crippen LogP contribution in [0.5, 0.6) is 0 Å². The molecular weight excluding hydrogens is 1020 g/mol. The van der Waals surface area contributed by atoms with Crippen molar-refractivity contribution in [3.05, 3.63) is 78.7 Å². The van der Waals surface area contributed by atoms with E-state index >= 15 is 0 Å². The molecule has 2 atom stereocenters. The lowest BCUT2D eigenvalue weighted by molar-refractivity contribution is -0.142. The highest BCUT2D eigenvalue weighted by atomic mass is 35.5. The molecule has 0 saturated heterocycles. The summed E-state index contributed by atoms with van der Waals surface area (Å²) in [6.07, 6.45) is -9.43. The van der Waals surface area contributed by atoms with Gasteiger partial charge in [-0.15, -0.1) is 22.7 Å². The third kappa shape index (κ3) is 13.6. The number of ether oxygens (including phenoxy) is 2. The van der Waals surface area contributed by atoms with Crippen LogP contribution in [-0.4, -0.2) is 76.4 Å². The van der Waals surface area contributed by atoms with Crippen molar-refractivity contribution in [2.75, 3.05) is 30.4 Å². The Bertz CT molecular complexity index is 2830. The zero-order valence-corrected chi connectivity index (χ0v) is 38.2. The number of alkyl halides is 6. The smallest absolute Gasteiger partial charge is 0.434 e. The normalized spacial score (nSPS) is 15.0. The summed E-state index contributed by atoms with van der Waals surface area (Å²) in [6.45, 7) is 1.60. The minimum atomic E-state index is -5.07. The minimum absolute atomic E-state index is 0.0834. The van der Waals surface area contributed by atoms with E-state index in [0.29, 0.717) is 23.8 Å². The summed E-state index contributed by atoms with van der Waals surface area (Å²) in [5.41, 5.74) is -5.80. The molecule has 4 N–H and O–H groups in total. The fraction of sp³-hybridized carbons (Fsp3) is 0.333. The van der Waals surface area contributed by atoms with Crippen molar-refractivity contribution in [2.45, 2.75) is 59.9 Å². The van der Waals surface area contributed by atoms with E-state index in [1.165, 1.54) is 32.0 Å². The largest absolute Gasteiger partial charge is 0.462 e. The number of pyridine rings is 2. The summed E-state index contributed by atoms with van der Waals surface area (Å²) in [4.78, 5) is 55.0. The van der Waals surface area contributed by atoms with Gasteiger partial charge in [-0.05, 0) is 69.5 Å². The number of hydrogen-bond acceptors (Lipinski definition) is 18. The third-order valence-electron chi connectivity index (χ3n) is 8.48. The van der Waals surface area contributed by atoms with Crippen molar-refractivity contribution in [3.63, 3.8) is 0 Å². The van der Waals surface area contributed by atoms with Crippen LogP contribution >= 0.6 is 45.9 Å². The number of amides is 2. The number of carbonyl (C=O) groups is 4. The molecule has 0 bridgehead atoms. The zero-order valence-electron chi connectivity index (χ0n) is 33.4. The van der Waals surface area contributed by atoms with Gasteiger partial charge >= 0.3 is 24.3 Å². The highest BCUT2D eigenvalue weighted by Crippen LogP contribution is 2.36. The van der Waals surface area contributed by atoms with Gasteiger partial charge in [0.25, 0.3) is 26.0 Å². The predicted octanol–water partition coefficient (Wildman–Crippen LogP) is 6.73. The molecule has 0 spiro atoms. The summed E-state index contributed by atoms with van der Waals surface area (Å²) in [6, 6.07) is 9.16. The molecule has 1 aliphatic rings. The van der Waals surface area contributed by atoms with Gasteiger partial charge < -0.3 is 20.1 Å². The lowest BCUT2D eigenvalue weighted by atomic mass is 10.1. The van der Waals surface area contributed by atoms with Gasteiger partial charge in [0.15, 0.2) is 11.4 Å². The van der Waals surface area contributed by atoms with Crippen molar-refractivity contribution in [1.82, 2.24) is 19.4 Å². The van der Waals surface area contributed by atoms with E-state index in [1.807, 2.05) is 4.72 Å². The second kappa shape index (κ2) is 21.7. The molecule has 2 amide bonds. The average Bonchev–Trinajstić information content (AvgIpc) is 4.01. The van der Waals surface area contributed by atoms with Gasteiger partial charge in [-0.3, -0.25) is 9.59 Å². The summed E-state index contributed by atoms with van der Waals surface area (Å²) >= 11 is 12.9. The first-order valence-electron chi connectivity index (χ1n) is 18.3. The van der Waals surface area contributed by atoms with E-state index in [2.05, 4.69) is 30.1 Å². The molecule has 4 heterocycles. The van der Waals surface area contributed by atoms with Gasteiger partial charge in [0.2, 0.25) is 5.91 Å². The van der Waals surface area contributed by atoms with Crippen LogP contribution in [0.4, 0.5) is 38.0 Å². The highest BCUT2D eigenvalue weighted by molar-refractivity contribution is 7.92. The molecule has 1 saturated carbocycles. The van der Waals surface area contributed by atoms with Crippen LogP contribution in [0.1, 0.15) is 76.3 Å². The highest BCUT2D eigenvalue weighted by Gasteiger charge is 2.41. The number of thiophene rings is 2. The number of nitriles is 2. The fourth-order valence-electron chi connectivity index (χ4n) is 5.70. The van der Waals surface area contributed by atoms with Crippen LogP contribution in [0.25, 0.3) is 0 Å². The lowest BCUT2D eigenvalue weighted by Crippen LogP contribution is -2.35. The molecule has 0 radical (unpaired) electrons. The molecule has 2 unspecified atom stereocenters. The molecular formula is C36H30Cl2F6N8O10S4. The van der Waals surface area contributed by atoms with Crippen molar-refractivity contribution in [3.8, 4) is 12.1 Å². The van der Waals surface area contributed by atoms with E-state index in [4.69, 9.17) is 23.2 Å². The van der Waals surface area contributed by atoms with Crippen molar-refractivity contribution in [1.29, 1.82) is 10.5 Å². The van der Waals surface area contributed by atoms with E-state index in [1.54, 1.807) is 16.9 Å². The number of aromatic nitrogens is 2. The average molecular weight is 1050 g/mol. The molecule has 4 aromatic heterocycles. The molecule has 354 valence electrons. The maximum absolute atomic E-state index is 13.5. The Balaban J connectivity index is 0.000000291. The first kappa shape index (κ1) is 52.8. The van der Waals surface area contributed by atoms with E-state index in [0.717, 1.165) is 23.5 Å². The summed E-state index contributed by atoms with van der Waals surface area (Å²) in [7, 11) is -8.36. The van der Waals surface area contributed by atoms with Gasteiger partial charge in [-0.2, -0.15) is 36.9 Å². The molecule has 0 aliphatic heterocycles. The van der Waals surface area contributed by atoms with Gasteiger partial charge in [0.1, 0.15) is 32.2 Å². The van der Waals surface area contributed by atoms with Gasteiger partial charge in [0, 0.05) is 12.0 Å². The fourth-order valence-corrected chi connectivity index (χ4v) is 10.7. The summed E-state index contributed by atoms with van der Waals surface area (Å²) in [5, 5.41) is 23.5. The molecule has 5 rings (SSSR count). The number of carbonyl (C=O) groups excluding carboxylic acids is 4. The molecule has 66 heavy (non-hydrogen) atoms. The Morgan fingerprint density at radius 2 is 1.21 bits per heavy atom. The van der Waals surface area contributed by atoms with Crippen LogP contribution in [-0.2, 0) is 51.5 Å². The summed E-state index contributed by atoms with van der Waals surface area (Å²) < 4.78 is 142. The van der Waals surface area contributed by atoms with Crippen LogP contribution in [0.2, 0.25) is 8.67 Å². The van der Waals surface area contributed by atoms with E-state index in [9.17, 15) is 72.9 Å². The Labute approximate surface area is 388 Å². The Morgan fingerprint density at radius 3 is 1.64 bits per heavy atom. The van der Waals surface area contributed by atoms with E-state index in [-0.39, 0.29) is 48.7 Å². The molecule has 0 aromatic carbocycles. The second-order valence-corrected chi connectivity index (χ2v) is 20.3. The molecule has 1 aliphatic carbocycles.